The fourth-order valence-corrected chi connectivity index (χ4v) is 2.29. The Morgan fingerprint density at radius 1 is 1.69 bits per heavy atom. The molecule has 1 aliphatic carbocycles. The third-order valence-corrected chi connectivity index (χ3v) is 3.17. The molecule has 0 aromatic carbocycles. The van der Waals surface area contributed by atoms with E-state index in [2.05, 4.69) is 13.5 Å². The number of hydrogen-bond donors (Lipinski definition) is 1. The predicted octanol–water partition coefficient (Wildman–Crippen LogP) is 1.49. The summed E-state index contributed by atoms with van der Waals surface area (Å²) in [4.78, 5) is 0. The van der Waals surface area contributed by atoms with Crippen molar-refractivity contribution in [2.45, 2.75) is 37.9 Å². The predicted molar refractivity (Wildman–Crippen MR) is 46.8 cm³/mol. The smallest absolute Gasteiger partial charge is 0.118 e. The summed E-state index contributed by atoms with van der Waals surface area (Å²) in [5.41, 5.74) is 1.08. The van der Waals surface area contributed by atoms with Gasteiger partial charge in [0, 0.05) is 44.1 Å². The van der Waals surface area contributed by atoms with Gasteiger partial charge in [0.15, 0.2) is 0 Å². The molecule has 3 heteroatoms. The van der Waals surface area contributed by atoms with E-state index in [0.717, 1.165) is 12.8 Å². The van der Waals surface area contributed by atoms with E-state index in [1.165, 1.54) is 12.0 Å². The first-order valence-corrected chi connectivity index (χ1v) is 4.66. The van der Waals surface area contributed by atoms with Crippen molar-refractivity contribution in [1.29, 1.82) is 0 Å². The van der Waals surface area contributed by atoms with Crippen molar-refractivity contribution >= 4 is 0 Å². The summed E-state index contributed by atoms with van der Waals surface area (Å²) in [5, 5.41) is 8.96. The van der Waals surface area contributed by atoms with E-state index < -0.39 is 0 Å². The van der Waals surface area contributed by atoms with Gasteiger partial charge in [0.1, 0.15) is 11.7 Å². The fraction of sp³-hybridized carbons (Fsp3) is 0.800. The third-order valence-electron chi connectivity index (χ3n) is 3.17. The molecule has 2 fully saturated rings. The molecule has 1 N–H and O–H groups in total. The van der Waals surface area contributed by atoms with Crippen LogP contribution in [0.2, 0.25) is 0 Å². The van der Waals surface area contributed by atoms with Crippen LogP contribution in [-0.4, -0.2) is 23.4 Å². The van der Waals surface area contributed by atoms with E-state index in [-0.39, 0.29) is 62.4 Å². The van der Waals surface area contributed by atoms with Crippen molar-refractivity contribution in [3.05, 3.63) is 12.2 Å². The Balaban J connectivity index is 0.000000845. The van der Waals surface area contributed by atoms with Crippen molar-refractivity contribution in [3.8, 4) is 0 Å². The molecule has 1 heterocycles. The second kappa shape index (κ2) is 4.31. The molecule has 2 rings (SSSR count). The number of aliphatic hydroxyl groups is 1. The first-order valence-electron chi connectivity index (χ1n) is 4.66. The zero-order chi connectivity index (χ0) is 8.77. The van der Waals surface area contributed by atoms with E-state index >= 15 is 0 Å². The molecule has 2 nitrogen and oxygen atoms in total. The molecule has 1 saturated carbocycles. The zero-order valence-electron chi connectivity index (χ0n) is 8.12. The molecular formula is C10H16AcO2. The maximum Gasteiger partial charge on any atom is 0.118 e. The van der Waals surface area contributed by atoms with Crippen LogP contribution in [0.25, 0.3) is 0 Å². The van der Waals surface area contributed by atoms with Gasteiger partial charge >= 0.3 is 0 Å². The molecule has 71 valence electrons. The average Bonchev–Trinajstić information content (AvgIpc) is 2.73. The van der Waals surface area contributed by atoms with Crippen LogP contribution in [0.4, 0.5) is 0 Å². The Kier molecular flexibility index (Phi) is 4.03. The summed E-state index contributed by atoms with van der Waals surface area (Å²) < 4.78 is 5.53. The Morgan fingerprint density at radius 3 is 2.92 bits per heavy atom. The topological polar surface area (TPSA) is 32.8 Å². The Bertz CT molecular complexity index is 217. The van der Waals surface area contributed by atoms with Crippen LogP contribution >= 0.6 is 0 Å². The molecule has 0 aromatic heterocycles. The maximum atomic E-state index is 8.96. The van der Waals surface area contributed by atoms with Crippen LogP contribution in [0.5, 0.6) is 0 Å². The van der Waals surface area contributed by atoms with Crippen molar-refractivity contribution < 1.29 is 53.9 Å². The molecular weight excluding hydrogens is 379 g/mol. The SMILES string of the molecule is C=C1CCC(C)CC12OC2CO.[Ac]. The van der Waals surface area contributed by atoms with Gasteiger partial charge in [-0.05, 0) is 30.8 Å². The van der Waals surface area contributed by atoms with Gasteiger partial charge in [0.05, 0.1) is 6.61 Å². The molecule has 13 heavy (non-hydrogen) atoms. The van der Waals surface area contributed by atoms with Gasteiger partial charge in [-0.3, -0.25) is 0 Å². The Morgan fingerprint density at radius 2 is 2.38 bits per heavy atom. The van der Waals surface area contributed by atoms with Crippen LogP contribution in [0.15, 0.2) is 12.2 Å². The molecule has 2 aliphatic rings. The quantitative estimate of drug-likeness (QED) is 0.539. The minimum Gasteiger partial charge on any atom is -0.394 e. The molecule has 3 atom stereocenters. The molecule has 0 amide bonds. The van der Waals surface area contributed by atoms with Crippen LogP contribution in [-0.2, 0) is 4.74 Å². The monoisotopic (exact) mass is 395 g/mol. The zero-order valence-corrected chi connectivity index (χ0v) is 12.9. The van der Waals surface area contributed by atoms with Crippen LogP contribution in [0.1, 0.15) is 26.2 Å². The van der Waals surface area contributed by atoms with Gasteiger partial charge in [-0.15, -0.1) is 0 Å². The van der Waals surface area contributed by atoms with E-state index in [1.807, 2.05) is 0 Å². The fourth-order valence-electron chi connectivity index (χ4n) is 2.29. The summed E-state index contributed by atoms with van der Waals surface area (Å²) >= 11 is 0. The normalized spacial score (nSPS) is 43.1. The minimum atomic E-state index is -0.119. The van der Waals surface area contributed by atoms with E-state index in [9.17, 15) is 0 Å². The summed E-state index contributed by atoms with van der Waals surface area (Å²) in [7, 11) is 0. The summed E-state index contributed by atoms with van der Waals surface area (Å²) in [6.45, 7) is 6.41. The molecule has 1 aliphatic heterocycles. The summed E-state index contributed by atoms with van der Waals surface area (Å²) in [6, 6.07) is 0. The molecule has 3 unspecified atom stereocenters. The summed E-state index contributed by atoms with van der Waals surface area (Å²) in [5.74, 6) is 0.715. The first-order chi connectivity index (χ1) is 5.69. The number of rotatable bonds is 1. The van der Waals surface area contributed by atoms with Gasteiger partial charge in [-0.25, -0.2) is 0 Å². The second-order valence-corrected chi connectivity index (χ2v) is 4.13. The van der Waals surface area contributed by atoms with Crippen LogP contribution in [0, 0.1) is 50.0 Å². The van der Waals surface area contributed by atoms with E-state index in [1.54, 1.807) is 0 Å². The van der Waals surface area contributed by atoms with Gasteiger partial charge in [0.25, 0.3) is 0 Å². The minimum absolute atomic E-state index is 0. The van der Waals surface area contributed by atoms with Crippen molar-refractivity contribution in [2.24, 2.45) is 5.92 Å². The Labute approximate surface area is 115 Å². The molecule has 1 spiro atoms. The van der Waals surface area contributed by atoms with E-state index in [4.69, 9.17) is 9.84 Å². The van der Waals surface area contributed by atoms with Gasteiger partial charge in [0.2, 0.25) is 0 Å². The Hall–Kier alpha value is 1.10. The molecule has 0 aromatic rings. The standard InChI is InChI=1S/C10H16O2.Ac/c1-7-3-4-8(2)10(5-7)9(6-11)12-10;/h7,9,11H,2-6H2,1H3;. The van der Waals surface area contributed by atoms with Crippen molar-refractivity contribution in [2.75, 3.05) is 6.61 Å². The van der Waals surface area contributed by atoms with Crippen molar-refractivity contribution in [1.82, 2.24) is 0 Å². The third kappa shape index (κ3) is 2.04. The first kappa shape index (κ1) is 12.2. The average molecular weight is 395 g/mol. The number of epoxide rings is 1. The molecule has 1 radical (unpaired) electrons. The van der Waals surface area contributed by atoms with Crippen LogP contribution < -0.4 is 0 Å². The second-order valence-electron chi connectivity index (χ2n) is 4.13. The van der Waals surface area contributed by atoms with Crippen LogP contribution in [0.3, 0.4) is 0 Å². The van der Waals surface area contributed by atoms with Gasteiger partial charge < -0.3 is 9.84 Å². The molecule has 1 saturated heterocycles. The van der Waals surface area contributed by atoms with Crippen molar-refractivity contribution in [3.63, 3.8) is 0 Å². The summed E-state index contributed by atoms with van der Waals surface area (Å²) in [6.07, 6.45) is 3.39. The maximum absolute atomic E-state index is 8.96. The van der Waals surface area contributed by atoms with Gasteiger partial charge in [-0.2, -0.15) is 0 Å². The molecule has 0 bridgehead atoms. The number of hydrogen-bond acceptors (Lipinski definition) is 2. The van der Waals surface area contributed by atoms with E-state index in [0.29, 0.717) is 5.92 Å². The van der Waals surface area contributed by atoms with Gasteiger partial charge in [-0.1, -0.05) is 13.5 Å². The number of aliphatic hydroxyl groups excluding tert-OH is 1. The largest absolute Gasteiger partial charge is 0.394 e. The number of ether oxygens (including phenoxy) is 1.